The number of carbonyl (C=O) groups excluding carboxylic acids is 1. The zero-order chi connectivity index (χ0) is 21.4. The van der Waals surface area contributed by atoms with Gasteiger partial charge in [-0.15, -0.1) is 11.3 Å². The molecule has 6 nitrogen and oxygen atoms in total. The highest BCUT2D eigenvalue weighted by Gasteiger charge is 2.18. The van der Waals surface area contributed by atoms with Crippen LogP contribution in [0.1, 0.15) is 11.1 Å². The van der Waals surface area contributed by atoms with Gasteiger partial charge in [0.1, 0.15) is 11.2 Å². The van der Waals surface area contributed by atoms with Crippen LogP contribution in [-0.2, 0) is 11.3 Å². The molecule has 0 saturated carbocycles. The van der Waals surface area contributed by atoms with E-state index in [1.54, 1.807) is 47.8 Å². The lowest BCUT2D eigenvalue weighted by molar-refractivity contribution is -0.116. The Morgan fingerprint density at radius 2 is 1.87 bits per heavy atom. The fraction of sp³-hybridized carbons (Fsp3) is 0.136. The van der Waals surface area contributed by atoms with Gasteiger partial charge in [-0.2, -0.15) is 0 Å². The Kier molecular flexibility index (Phi) is 5.32. The van der Waals surface area contributed by atoms with Gasteiger partial charge in [-0.05, 0) is 66.8 Å². The normalized spacial score (nSPS) is 11.0. The number of hydrogen-bond donors (Lipinski definition) is 1. The van der Waals surface area contributed by atoms with Crippen molar-refractivity contribution >= 4 is 44.7 Å². The highest BCUT2D eigenvalue weighted by molar-refractivity contribution is 7.17. The van der Waals surface area contributed by atoms with Crippen molar-refractivity contribution in [3.05, 3.63) is 90.9 Å². The first-order valence-corrected chi connectivity index (χ1v) is 10.5. The van der Waals surface area contributed by atoms with Crippen molar-refractivity contribution in [1.82, 2.24) is 9.13 Å². The zero-order valence-electron chi connectivity index (χ0n) is 16.3. The van der Waals surface area contributed by atoms with Crippen molar-refractivity contribution in [2.75, 3.05) is 5.32 Å². The number of carbonyl (C=O) groups is 1. The summed E-state index contributed by atoms with van der Waals surface area (Å²) >= 11 is 7.21. The van der Waals surface area contributed by atoms with Crippen LogP contribution in [-0.4, -0.2) is 15.0 Å². The van der Waals surface area contributed by atoms with Gasteiger partial charge in [0.05, 0.1) is 11.2 Å². The summed E-state index contributed by atoms with van der Waals surface area (Å²) in [6.45, 7) is 3.65. The molecule has 152 valence electrons. The Bertz CT molecular complexity index is 1400. The van der Waals surface area contributed by atoms with Gasteiger partial charge in [-0.3, -0.25) is 14.2 Å². The summed E-state index contributed by atoms with van der Waals surface area (Å²) in [6, 6.07) is 13.8. The predicted molar refractivity (Wildman–Crippen MR) is 121 cm³/mol. The second kappa shape index (κ2) is 7.93. The van der Waals surface area contributed by atoms with Crippen molar-refractivity contribution < 1.29 is 4.79 Å². The molecule has 0 fully saturated rings. The number of aryl methyl sites for hydroxylation is 2. The van der Waals surface area contributed by atoms with Crippen molar-refractivity contribution in [2.45, 2.75) is 20.4 Å². The largest absolute Gasteiger partial charge is 0.336 e. The van der Waals surface area contributed by atoms with Gasteiger partial charge in [-0.1, -0.05) is 23.7 Å². The Balaban J connectivity index is 1.81. The van der Waals surface area contributed by atoms with Crippen LogP contribution in [0.4, 0.5) is 5.69 Å². The number of fused-ring (bicyclic) bond motifs is 1. The second-order valence-electron chi connectivity index (χ2n) is 6.97. The summed E-state index contributed by atoms with van der Waals surface area (Å²) in [5.74, 6) is -0.392. The summed E-state index contributed by atoms with van der Waals surface area (Å²) in [5.41, 5.74) is 2.53. The number of anilines is 1. The molecule has 0 atom stereocenters. The molecule has 0 radical (unpaired) electrons. The van der Waals surface area contributed by atoms with Gasteiger partial charge < -0.3 is 5.32 Å². The summed E-state index contributed by atoms with van der Waals surface area (Å²) in [6.07, 6.45) is 0. The third-order valence-corrected chi connectivity index (χ3v) is 6.04. The summed E-state index contributed by atoms with van der Waals surface area (Å²) < 4.78 is 2.86. The number of nitrogens with zero attached hydrogens (tertiary/aromatic N) is 2. The number of amides is 1. The van der Waals surface area contributed by atoms with Crippen LogP contribution in [0.15, 0.2) is 63.5 Å². The standard InChI is InChI=1S/C22H18ClN3O3S/c1-13-6-7-17(10-14(13)2)26-21(28)20-18(8-9-30-20)25(22(26)29)12-19(27)24-16-5-3-4-15(23)11-16/h3-11H,12H2,1-2H3,(H,24,27). The molecule has 0 spiro atoms. The van der Waals surface area contributed by atoms with Gasteiger partial charge in [0.2, 0.25) is 5.91 Å². The first-order chi connectivity index (χ1) is 14.3. The smallest absolute Gasteiger partial charge is 0.324 e. The SMILES string of the molecule is Cc1ccc(-n2c(=O)c3sccc3n(CC(=O)Nc3cccc(Cl)c3)c2=O)cc1C. The average Bonchev–Trinajstić information content (AvgIpc) is 3.18. The fourth-order valence-electron chi connectivity index (χ4n) is 3.24. The van der Waals surface area contributed by atoms with Crippen LogP contribution in [0.2, 0.25) is 5.02 Å². The topological polar surface area (TPSA) is 73.1 Å². The van der Waals surface area contributed by atoms with Crippen molar-refractivity contribution in [1.29, 1.82) is 0 Å². The van der Waals surface area contributed by atoms with E-state index < -0.39 is 11.6 Å². The summed E-state index contributed by atoms with van der Waals surface area (Å²) in [5, 5.41) is 4.97. The molecular formula is C22H18ClN3O3S. The number of thiophene rings is 1. The molecule has 4 aromatic rings. The number of aromatic nitrogens is 2. The molecule has 0 unspecified atom stereocenters. The van der Waals surface area contributed by atoms with E-state index in [9.17, 15) is 14.4 Å². The minimum absolute atomic E-state index is 0.232. The molecule has 0 aliphatic rings. The number of nitrogens with one attached hydrogen (secondary N) is 1. The Labute approximate surface area is 181 Å². The molecule has 0 bridgehead atoms. The molecular weight excluding hydrogens is 422 g/mol. The quantitative estimate of drug-likeness (QED) is 0.519. The first-order valence-electron chi connectivity index (χ1n) is 9.21. The molecule has 1 amide bonds. The first kappa shape index (κ1) is 20.1. The van der Waals surface area contributed by atoms with E-state index in [2.05, 4.69) is 5.32 Å². The molecule has 0 aliphatic carbocycles. The number of hydrogen-bond acceptors (Lipinski definition) is 4. The van der Waals surface area contributed by atoms with E-state index in [-0.39, 0.29) is 12.1 Å². The average molecular weight is 440 g/mol. The predicted octanol–water partition coefficient (Wildman–Crippen LogP) is 4.12. The highest BCUT2D eigenvalue weighted by Crippen LogP contribution is 2.18. The Hall–Kier alpha value is -3.16. The van der Waals surface area contributed by atoms with Crippen LogP contribution < -0.4 is 16.6 Å². The number of benzene rings is 2. The molecule has 2 aromatic carbocycles. The van der Waals surface area contributed by atoms with Gasteiger partial charge in [0, 0.05) is 10.7 Å². The van der Waals surface area contributed by atoms with E-state index >= 15 is 0 Å². The molecule has 0 saturated heterocycles. The van der Waals surface area contributed by atoms with Gasteiger partial charge in [-0.25, -0.2) is 9.36 Å². The van der Waals surface area contributed by atoms with Crippen LogP contribution in [0.5, 0.6) is 0 Å². The summed E-state index contributed by atoms with van der Waals surface area (Å²) in [7, 11) is 0. The molecule has 4 rings (SSSR count). The molecule has 2 aromatic heterocycles. The monoisotopic (exact) mass is 439 g/mol. The van der Waals surface area contributed by atoms with E-state index in [0.29, 0.717) is 26.6 Å². The summed E-state index contributed by atoms with van der Waals surface area (Å²) in [4.78, 5) is 38.9. The van der Waals surface area contributed by atoms with Crippen molar-refractivity contribution in [2.24, 2.45) is 0 Å². The maximum Gasteiger partial charge on any atom is 0.336 e. The highest BCUT2D eigenvalue weighted by atomic mass is 35.5. The van der Waals surface area contributed by atoms with Crippen molar-refractivity contribution in [3.63, 3.8) is 0 Å². The maximum absolute atomic E-state index is 13.3. The minimum atomic E-state index is -0.560. The zero-order valence-corrected chi connectivity index (χ0v) is 17.9. The van der Waals surface area contributed by atoms with Crippen LogP contribution in [0.25, 0.3) is 15.9 Å². The minimum Gasteiger partial charge on any atom is -0.324 e. The van der Waals surface area contributed by atoms with Crippen LogP contribution >= 0.6 is 22.9 Å². The Morgan fingerprint density at radius 3 is 2.60 bits per heavy atom. The third-order valence-electron chi connectivity index (χ3n) is 4.91. The number of rotatable bonds is 4. The molecule has 8 heteroatoms. The van der Waals surface area contributed by atoms with Gasteiger partial charge in [0.15, 0.2) is 0 Å². The molecule has 0 aliphatic heterocycles. The third kappa shape index (κ3) is 3.69. The van der Waals surface area contributed by atoms with Crippen LogP contribution in [0.3, 0.4) is 0 Å². The van der Waals surface area contributed by atoms with E-state index in [0.717, 1.165) is 15.7 Å². The molecule has 2 heterocycles. The van der Waals surface area contributed by atoms with Crippen LogP contribution in [0, 0.1) is 13.8 Å². The van der Waals surface area contributed by atoms with E-state index in [1.807, 2.05) is 19.9 Å². The lowest BCUT2D eigenvalue weighted by Gasteiger charge is -2.13. The van der Waals surface area contributed by atoms with E-state index in [4.69, 9.17) is 11.6 Å². The second-order valence-corrected chi connectivity index (χ2v) is 8.32. The van der Waals surface area contributed by atoms with Crippen molar-refractivity contribution in [3.8, 4) is 5.69 Å². The lowest BCUT2D eigenvalue weighted by atomic mass is 10.1. The fourth-order valence-corrected chi connectivity index (χ4v) is 4.26. The van der Waals surface area contributed by atoms with Gasteiger partial charge in [0.25, 0.3) is 5.56 Å². The maximum atomic E-state index is 13.3. The lowest BCUT2D eigenvalue weighted by Crippen LogP contribution is -2.40. The molecule has 30 heavy (non-hydrogen) atoms. The van der Waals surface area contributed by atoms with Gasteiger partial charge >= 0.3 is 5.69 Å². The number of halogens is 1. The molecule has 1 N–H and O–H groups in total. The van der Waals surface area contributed by atoms with E-state index in [1.165, 1.54) is 15.9 Å². The Morgan fingerprint density at radius 1 is 1.07 bits per heavy atom.